The van der Waals surface area contributed by atoms with Gasteiger partial charge in [-0.2, -0.15) is 0 Å². The first-order valence-corrected chi connectivity index (χ1v) is 11.6. The Bertz CT molecular complexity index is 909. The molecule has 0 amide bonds. The van der Waals surface area contributed by atoms with E-state index in [9.17, 15) is 20.4 Å². The van der Waals surface area contributed by atoms with E-state index in [1.807, 2.05) is 12.2 Å². The van der Waals surface area contributed by atoms with Gasteiger partial charge in [0, 0.05) is 32.4 Å². The average molecular weight is 509 g/mol. The van der Waals surface area contributed by atoms with Crippen molar-refractivity contribution in [1.82, 2.24) is 0 Å². The second-order valence-corrected chi connectivity index (χ2v) is 8.38. The maximum atomic E-state index is 9.93. The first-order valence-electron chi connectivity index (χ1n) is 11.6. The molecule has 0 aliphatic carbocycles. The van der Waals surface area contributed by atoms with Crippen LogP contribution < -0.4 is 4.74 Å². The lowest BCUT2D eigenvalue weighted by molar-refractivity contribution is -0.184. The average Bonchev–Trinajstić information content (AvgIpc) is 2.84. The van der Waals surface area contributed by atoms with Gasteiger partial charge in [0.2, 0.25) is 6.29 Å². The summed E-state index contributed by atoms with van der Waals surface area (Å²) < 4.78 is 16.1. The molecule has 10 heteroatoms. The van der Waals surface area contributed by atoms with Crippen LogP contribution >= 0.6 is 0 Å². The van der Waals surface area contributed by atoms with Crippen LogP contribution in [0.2, 0.25) is 0 Å². The van der Waals surface area contributed by atoms with E-state index in [4.69, 9.17) is 29.5 Å². The number of aliphatic hydroxyl groups excluding tert-OH is 5. The molecule has 0 radical (unpaired) electrons. The topological polar surface area (TPSA) is 169 Å². The Morgan fingerprint density at radius 3 is 2.03 bits per heavy atom. The van der Waals surface area contributed by atoms with E-state index in [1.165, 1.54) is 6.07 Å². The lowest BCUT2D eigenvalue weighted by Crippen LogP contribution is -2.40. The molecule has 2 aromatic carbocycles. The van der Waals surface area contributed by atoms with Gasteiger partial charge in [-0.15, -0.1) is 0 Å². The van der Waals surface area contributed by atoms with Crippen LogP contribution in [0.5, 0.6) is 17.2 Å². The van der Waals surface area contributed by atoms with Crippen LogP contribution in [0.4, 0.5) is 0 Å². The van der Waals surface area contributed by atoms with Crippen molar-refractivity contribution in [2.75, 3.05) is 26.9 Å². The molecule has 10 nitrogen and oxygen atoms in total. The SMILES string of the molecule is CO.OC1COCC(O)C1.OCC1CC(O)CC(Oc2cc(O)cc(/C=C/c3ccc(O)cc3)c2)O1. The molecule has 2 saturated heterocycles. The summed E-state index contributed by atoms with van der Waals surface area (Å²) in [6, 6.07) is 11.6. The molecule has 2 aliphatic heterocycles. The third kappa shape index (κ3) is 10.5. The summed E-state index contributed by atoms with van der Waals surface area (Å²) in [5.41, 5.74) is 1.63. The number of aromatic hydroxyl groups is 2. The normalized spacial score (nSPS) is 25.8. The minimum Gasteiger partial charge on any atom is -0.508 e. The second-order valence-electron chi connectivity index (χ2n) is 8.38. The smallest absolute Gasteiger partial charge is 0.202 e. The standard InChI is InChI=1S/C20H22O6.C5H10O3.CH4O/c21-12-19-10-17(24)11-20(26-19)25-18-8-14(7-16(23)9-18)2-1-13-3-5-15(22)6-4-13;6-4-1-5(7)3-8-2-4;1-2/h1-9,17,19-24H,10-12H2;4-7H,1-3H2;2H,1H3/b2-1+;;. The Hall–Kier alpha value is -2.70. The van der Waals surface area contributed by atoms with Crippen LogP contribution in [0.25, 0.3) is 12.2 Å². The highest BCUT2D eigenvalue weighted by Gasteiger charge is 2.29. The van der Waals surface area contributed by atoms with E-state index in [-0.39, 0.29) is 18.1 Å². The molecule has 2 aliphatic rings. The highest BCUT2D eigenvalue weighted by atomic mass is 16.7. The van der Waals surface area contributed by atoms with E-state index in [0.29, 0.717) is 38.2 Å². The fourth-order valence-corrected chi connectivity index (χ4v) is 3.63. The third-order valence-electron chi connectivity index (χ3n) is 5.25. The number of aliphatic hydroxyl groups is 5. The van der Waals surface area contributed by atoms with Crippen LogP contribution in [-0.2, 0) is 9.47 Å². The van der Waals surface area contributed by atoms with E-state index < -0.39 is 30.7 Å². The summed E-state index contributed by atoms with van der Waals surface area (Å²) in [5, 5.41) is 62.9. The Labute approximate surface area is 210 Å². The molecule has 200 valence electrons. The maximum Gasteiger partial charge on any atom is 0.202 e. The number of hydrogen-bond acceptors (Lipinski definition) is 10. The van der Waals surface area contributed by atoms with Gasteiger partial charge in [-0.05, 0) is 35.4 Å². The van der Waals surface area contributed by atoms with Gasteiger partial charge in [0.25, 0.3) is 0 Å². The fraction of sp³-hybridized carbons (Fsp3) is 0.462. The van der Waals surface area contributed by atoms with Gasteiger partial charge in [0.1, 0.15) is 17.2 Å². The van der Waals surface area contributed by atoms with Gasteiger partial charge >= 0.3 is 0 Å². The molecule has 36 heavy (non-hydrogen) atoms. The molecule has 2 fully saturated rings. The van der Waals surface area contributed by atoms with E-state index in [1.54, 1.807) is 36.4 Å². The number of phenolic OH excluding ortho intramolecular Hbond substituents is 2. The Balaban J connectivity index is 0.000000384. The Morgan fingerprint density at radius 2 is 1.44 bits per heavy atom. The van der Waals surface area contributed by atoms with Gasteiger partial charge in [-0.3, -0.25) is 0 Å². The van der Waals surface area contributed by atoms with E-state index in [0.717, 1.165) is 18.2 Å². The van der Waals surface area contributed by atoms with Crippen LogP contribution in [0, 0.1) is 0 Å². The molecule has 2 heterocycles. The molecule has 4 rings (SSSR count). The largest absolute Gasteiger partial charge is 0.508 e. The second kappa shape index (κ2) is 15.4. The van der Waals surface area contributed by atoms with Crippen LogP contribution in [0.1, 0.15) is 30.4 Å². The summed E-state index contributed by atoms with van der Waals surface area (Å²) in [7, 11) is 1.00. The van der Waals surface area contributed by atoms with Crippen molar-refractivity contribution >= 4 is 12.2 Å². The number of phenols is 2. The molecular formula is C26H36O10. The van der Waals surface area contributed by atoms with Crippen LogP contribution in [0.15, 0.2) is 42.5 Å². The molecule has 0 saturated carbocycles. The predicted molar refractivity (Wildman–Crippen MR) is 132 cm³/mol. The van der Waals surface area contributed by atoms with E-state index >= 15 is 0 Å². The van der Waals surface area contributed by atoms with Gasteiger partial charge in [0.05, 0.1) is 44.2 Å². The highest BCUT2D eigenvalue weighted by molar-refractivity contribution is 5.71. The number of benzene rings is 2. The molecule has 5 unspecified atom stereocenters. The minimum atomic E-state index is -0.688. The van der Waals surface area contributed by atoms with Crippen molar-refractivity contribution in [3.05, 3.63) is 53.6 Å². The predicted octanol–water partition coefficient (Wildman–Crippen LogP) is 1.24. The van der Waals surface area contributed by atoms with Crippen molar-refractivity contribution in [2.24, 2.45) is 0 Å². The fourth-order valence-electron chi connectivity index (χ4n) is 3.63. The van der Waals surface area contributed by atoms with Gasteiger partial charge in [-0.1, -0.05) is 24.3 Å². The summed E-state index contributed by atoms with van der Waals surface area (Å²) in [5.74, 6) is 0.653. The molecule has 0 bridgehead atoms. The maximum absolute atomic E-state index is 9.93. The summed E-state index contributed by atoms with van der Waals surface area (Å²) in [6.07, 6.45) is 2.12. The monoisotopic (exact) mass is 508 g/mol. The molecular weight excluding hydrogens is 472 g/mol. The van der Waals surface area contributed by atoms with Crippen molar-refractivity contribution in [3.63, 3.8) is 0 Å². The molecule has 5 atom stereocenters. The van der Waals surface area contributed by atoms with Gasteiger partial charge in [0.15, 0.2) is 0 Å². The molecule has 0 aromatic heterocycles. The molecule has 7 N–H and O–H groups in total. The number of ether oxygens (including phenoxy) is 3. The Morgan fingerprint density at radius 1 is 0.806 bits per heavy atom. The first-order chi connectivity index (χ1) is 17.3. The highest BCUT2D eigenvalue weighted by Crippen LogP contribution is 2.28. The van der Waals surface area contributed by atoms with Gasteiger partial charge in [-0.25, -0.2) is 0 Å². The van der Waals surface area contributed by atoms with Crippen molar-refractivity contribution in [1.29, 1.82) is 0 Å². The zero-order chi connectivity index (χ0) is 26.5. The Kier molecular flexibility index (Phi) is 12.6. The van der Waals surface area contributed by atoms with Crippen molar-refractivity contribution < 1.29 is 50.0 Å². The third-order valence-corrected chi connectivity index (χ3v) is 5.25. The summed E-state index contributed by atoms with van der Waals surface area (Å²) >= 11 is 0. The number of hydrogen-bond donors (Lipinski definition) is 7. The van der Waals surface area contributed by atoms with Gasteiger partial charge < -0.3 is 50.0 Å². The zero-order valence-electron chi connectivity index (χ0n) is 20.2. The summed E-state index contributed by atoms with van der Waals surface area (Å²) in [6.45, 7) is 0.561. The number of rotatable bonds is 5. The lowest BCUT2D eigenvalue weighted by Gasteiger charge is -2.32. The lowest BCUT2D eigenvalue weighted by atomic mass is 10.1. The zero-order valence-corrected chi connectivity index (χ0v) is 20.2. The van der Waals surface area contributed by atoms with Crippen molar-refractivity contribution in [2.45, 2.75) is 50.0 Å². The van der Waals surface area contributed by atoms with E-state index in [2.05, 4.69) is 0 Å². The minimum absolute atomic E-state index is 0.0444. The summed E-state index contributed by atoms with van der Waals surface area (Å²) in [4.78, 5) is 0. The quantitative estimate of drug-likeness (QED) is 0.292. The molecule has 0 spiro atoms. The van der Waals surface area contributed by atoms with Crippen molar-refractivity contribution in [3.8, 4) is 17.2 Å². The first kappa shape index (κ1) is 29.5. The van der Waals surface area contributed by atoms with Crippen LogP contribution in [0.3, 0.4) is 0 Å². The molecule has 2 aromatic rings. The van der Waals surface area contributed by atoms with Crippen LogP contribution in [-0.4, -0.2) is 93.4 Å².